The van der Waals surface area contributed by atoms with Crippen LogP contribution in [-0.2, 0) is 9.59 Å². The molecule has 8 heteroatoms. The fraction of sp³-hybridized carbons (Fsp3) is 0.348. The molecule has 2 aromatic rings. The molecule has 2 aliphatic rings. The van der Waals surface area contributed by atoms with Crippen LogP contribution >= 0.6 is 0 Å². The van der Waals surface area contributed by atoms with Crippen molar-refractivity contribution in [1.29, 1.82) is 0 Å². The van der Waals surface area contributed by atoms with E-state index in [-0.39, 0.29) is 12.0 Å². The lowest BCUT2D eigenvalue weighted by molar-refractivity contribution is -0.169. The van der Waals surface area contributed by atoms with E-state index in [4.69, 9.17) is 4.74 Å². The SMILES string of the molecule is CN(O)C(=O)[C@H]1C[C@H](Oc2ccncc2)CN[C@@H]1C(=O)N1CC=C(c2ccccc2)C1. The van der Waals surface area contributed by atoms with Crippen LogP contribution in [0.15, 0.2) is 60.9 Å². The Morgan fingerprint density at radius 2 is 1.94 bits per heavy atom. The molecule has 1 fully saturated rings. The summed E-state index contributed by atoms with van der Waals surface area (Å²) in [6.45, 7) is 1.41. The van der Waals surface area contributed by atoms with E-state index in [1.54, 1.807) is 29.4 Å². The fourth-order valence-electron chi connectivity index (χ4n) is 4.13. The van der Waals surface area contributed by atoms with Gasteiger partial charge in [0.05, 0.1) is 12.0 Å². The third-order valence-electron chi connectivity index (χ3n) is 5.71. The van der Waals surface area contributed by atoms with Crippen molar-refractivity contribution in [3.63, 3.8) is 0 Å². The smallest absolute Gasteiger partial charge is 0.251 e. The highest BCUT2D eigenvalue weighted by Gasteiger charge is 2.43. The molecular weight excluding hydrogens is 396 g/mol. The number of aromatic nitrogens is 1. The van der Waals surface area contributed by atoms with Gasteiger partial charge in [-0.25, -0.2) is 5.06 Å². The lowest BCUT2D eigenvalue weighted by Crippen LogP contribution is -2.60. The molecule has 162 valence electrons. The number of hydrogen-bond acceptors (Lipinski definition) is 6. The maximum absolute atomic E-state index is 13.3. The molecule has 1 aromatic carbocycles. The second-order valence-corrected chi connectivity index (χ2v) is 7.83. The predicted octanol–water partition coefficient (Wildman–Crippen LogP) is 1.58. The first-order chi connectivity index (χ1) is 15.0. The van der Waals surface area contributed by atoms with Crippen molar-refractivity contribution >= 4 is 17.4 Å². The molecule has 3 heterocycles. The Bertz CT molecular complexity index is 949. The lowest BCUT2D eigenvalue weighted by Gasteiger charge is -2.37. The van der Waals surface area contributed by atoms with Gasteiger partial charge in [0.25, 0.3) is 5.91 Å². The zero-order chi connectivity index (χ0) is 21.8. The van der Waals surface area contributed by atoms with E-state index < -0.39 is 17.9 Å². The summed E-state index contributed by atoms with van der Waals surface area (Å²) < 4.78 is 5.95. The number of piperidine rings is 1. The van der Waals surface area contributed by atoms with Gasteiger partial charge in [-0.3, -0.25) is 19.8 Å². The number of pyridine rings is 1. The van der Waals surface area contributed by atoms with Crippen molar-refractivity contribution in [3.05, 3.63) is 66.5 Å². The monoisotopic (exact) mass is 422 g/mol. The third kappa shape index (κ3) is 4.76. The van der Waals surface area contributed by atoms with Gasteiger partial charge in [-0.2, -0.15) is 0 Å². The molecule has 1 aromatic heterocycles. The number of hydroxylamine groups is 2. The summed E-state index contributed by atoms with van der Waals surface area (Å²) in [6, 6.07) is 12.7. The summed E-state index contributed by atoms with van der Waals surface area (Å²) in [5.74, 6) is -0.746. The van der Waals surface area contributed by atoms with Gasteiger partial charge in [-0.05, 0) is 29.7 Å². The van der Waals surface area contributed by atoms with E-state index in [0.717, 1.165) is 11.1 Å². The highest BCUT2D eigenvalue weighted by Crippen LogP contribution is 2.27. The largest absolute Gasteiger partial charge is 0.489 e. The number of carbonyl (C=O) groups is 2. The molecule has 0 radical (unpaired) electrons. The van der Waals surface area contributed by atoms with E-state index in [0.29, 0.717) is 36.9 Å². The minimum Gasteiger partial charge on any atom is -0.489 e. The molecule has 4 rings (SSSR count). The Kier molecular flexibility index (Phi) is 6.29. The quantitative estimate of drug-likeness (QED) is 0.561. The van der Waals surface area contributed by atoms with Crippen LogP contribution < -0.4 is 10.1 Å². The average Bonchev–Trinajstić information content (AvgIpc) is 3.30. The lowest BCUT2D eigenvalue weighted by atomic mass is 9.87. The molecule has 1 saturated heterocycles. The predicted molar refractivity (Wildman–Crippen MR) is 114 cm³/mol. The van der Waals surface area contributed by atoms with E-state index in [2.05, 4.69) is 10.3 Å². The Labute approximate surface area is 181 Å². The van der Waals surface area contributed by atoms with Crippen molar-refractivity contribution in [1.82, 2.24) is 20.3 Å². The standard InChI is InChI=1S/C23H26N4O4/c1-26(30)22(28)20-13-19(31-18-7-10-24-11-8-18)14-25-21(20)23(29)27-12-9-17(15-27)16-5-3-2-4-6-16/h2-11,19-21,25,30H,12-15H2,1H3/t19-,20-,21-/m0/s1. The first kappa shape index (κ1) is 21.0. The van der Waals surface area contributed by atoms with Crippen LogP contribution in [0.25, 0.3) is 5.57 Å². The zero-order valence-electron chi connectivity index (χ0n) is 17.3. The fourth-order valence-corrected chi connectivity index (χ4v) is 4.13. The van der Waals surface area contributed by atoms with Gasteiger partial charge in [0.2, 0.25) is 5.91 Å². The third-order valence-corrected chi connectivity index (χ3v) is 5.71. The van der Waals surface area contributed by atoms with Gasteiger partial charge >= 0.3 is 0 Å². The Balaban J connectivity index is 1.45. The maximum Gasteiger partial charge on any atom is 0.251 e. The van der Waals surface area contributed by atoms with Gasteiger partial charge in [0.15, 0.2) is 0 Å². The van der Waals surface area contributed by atoms with Crippen LogP contribution in [0.2, 0.25) is 0 Å². The van der Waals surface area contributed by atoms with Gasteiger partial charge < -0.3 is 15.0 Å². The number of nitrogens with zero attached hydrogens (tertiary/aromatic N) is 3. The Morgan fingerprint density at radius 1 is 1.19 bits per heavy atom. The van der Waals surface area contributed by atoms with E-state index in [9.17, 15) is 14.8 Å². The van der Waals surface area contributed by atoms with Crippen LogP contribution in [0, 0.1) is 5.92 Å². The number of benzene rings is 1. The van der Waals surface area contributed by atoms with Gasteiger partial charge in [-0.1, -0.05) is 36.4 Å². The van der Waals surface area contributed by atoms with Gasteiger partial charge in [0, 0.05) is 39.1 Å². The molecule has 3 atom stereocenters. The summed E-state index contributed by atoms with van der Waals surface area (Å²) in [7, 11) is 1.28. The van der Waals surface area contributed by atoms with E-state index in [1.165, 1.54) is 7.05 Å². The summed E-state index contributed by atoms with van der Waals surface area (Å²) in [5, 5.41) is 13.5. The maximum atomic E-state index is 13.3. The van der Waals surface area contributed by atoms with Crippen molar-refractivity contribution in [3.8, 4) is 5.75 Å². The van der Waals surface area contributed by atoms with E-state index >= 15 is 0 Å². The topological polar surface area (TPSA) is 95.0 Å². The summed E-state index contributed by atoms with van der Waals surface area (Å²) in [6.07, 6.45) is 5.32. The molecular formula is C23H26N4O4. The number of hydrogen-bond donors (Lipinski definition) is 2. The van der Waals surface area contributed by atoms with Gasteiger partial charge in [0.1, 0.15) is 11.9 Å². The van der Waals surface area contributed by atoms with Crippen molar-refractivity contribution < 1.29 is 19.5 Å². The summed E-state index contributed by atoms with van der Waals surface area (Å²) in [4.78, 5) is 31.7. The average molecular weight is 422 g/mol. The molecule has 0 aliphatic carbocycles. The van der Waals surface area contributed by atoms with Crippen LogP contribution in [0.4, 0.5) is 0 Å². The van der Waals surface area contributed by atoms with Crippen molar-refractivity contribution in [2.75, 3.05) is 26.7 Å². The summed E-state index contributed by atoms with van der Waals surface area (Å²) in [5.41, 5.74) is 2.17. The minimum atomic E-state index is -0.733. The molecule has 0 bridgehead atoms. The number of carbonyl (C=O) groups excluding carboxylic acids is 2. The molecule has 2 N–H and O–H groups in total. The van der Waals surface area contributed by atoms with Crippen LogP contribution in [0.5, 0.6) is 5.75 Å². The highest BCUT2D eigenvalue weighted by atomic mass is 16.5. The first-order valence-corrected chi connectivity index (χ1v) is 10.3. The van der Waals surface area contributed by atoms with Crippen LogP contribution in [0.3, 0.4) is 0 Å². The number of amides is 2. The first-order valence-electron chi connectivity index (χ1n) is 10.3. The molecule has 0 saturated carbocycles. The van der Waals surface area contributed by atoms with Crippen molar-refractivity contribution in [2.45, 2.75) is 18.6 Å². The number of rotatable bonds is 5. The number of ether oxygens (including phenoxy) is 1. The normalized spacial score (nSPS) is 23.2. The minimum absolute atomic E-state index is 0.148. The summed E-state index contributed by atoms with van der Waals surface area (Å²) >= 11 is 0. The molecule has 0 spiro atoms. The molecule has 0 unspecified atom stereocenters. The van der Waals surface area contributed by atoms with Crippen LogP contribution in [0.1, 0.15) is 12.0 Å². The second-order valence-electron chi connectivity index (χ2n) is 7.83. The number of nitrogens with one attached hydrogen (secondary N) is 1. The molecule has 8 nitrogen and oxygen atoms in total. The highest BCUT2D eigenvalue weighted by molar-refractivity contribution is 5.91. The van der Waals surface area contributed by atoms with E-state index in [1.807, 2.05) is 36.4 Å². The Morgan fingerprint density at radius 3 is 2.65 bits per heavy atom. The van der Waals surface area contributed by atoms with Crippen molar-refractivity contribution in [2.24, 2.45) is 5.92 Å². The molecule has 2 aliphatic heterocycles. The van der Waals surface area contributed by atoms with Gasteiger partial charge in [-0.15, -0.1) is 0 Å². The molecule has 2 amide bonds. The Hall–Kier alpha value is -3.23. The zero-order valence-corrected chi connectivity index (χ0v) is 17.3. The molecule has 31 heavy (non-hydrogen) atoms. The second kappa shape index (κ2) is 9.28. The van der Waals surface area contributed by atoms with Crippen LogP contribution in [-0.4, -0.2) is 70.8 Å².